The van der Waals surface area contributed by atoms with Crippen LogP contribution in [-0.2, 0) is 0 Å². The molecule has 0 atom stereocenters. The van der Waals surface area contributed by atoms with Gasteiger partial charge in [0.15, 0.2) is 5.82 Å². The number of benzene rings is 3. The zero-order chi connectivity index (χ0) is 23.6. The van der Waals surface area contributed by atoms with Gasteiger partial charge in [0.05, 0.1) is 22.1 Å². The highest BCUT2D eigenvalue weighted by atomic mass is 32.1. The number of fused-ring (bicyclic) bond motifs is 1. The van der Waals surface area contributed by atoms with Gasteiger partial charge < -0.3 is 4.90 Å². The predicted octanol–water partition coefficient (Wildman–Crippen LogP) is 7.04. The van der Waals surface area contributed by atoms with Crippen LogP contribution in [0.3, 0.4) is 0 Å². The summed E-state index contributed by atoms with van der Waals surface area (Å²) in [4.78, 5) is 7.08. The number of aromatic nitrogens is 3. The number of hydrogen-bond donors (Lipinski definition) is 0. The number of nitrogens with zero attached hydrogens (tertiary/aromatic N) is 7. The zero-order valence-electron chi connectivity index (χ0n) is 18.9. The highest BCUT2D eigenvalue weighted by Crippen LogP contribution is 2.37. The fourth-order valence-corrected chi connectivity index (χ4v) is 5.27. The highest BCUT2D eigenvalue weighted by molar-refractivity contribution is 7.20. The molecule has 0 N–H and O–H groups in total. The van der Waals surface area contributed by atoms with Gasteiger partial charge in [-0.2, -0.15) is 15.0 Å². The third kappa shape index (κ3) is 4.07. The van der Waals surface area contributed by atoms with Gasteiger partial charge in [-0.1, -0.05) is 53.8 Å². The van der Waals surface area contributed by atoms with Crippen LogP contribution in [0, 0.1) is 11.3 Å². The lowest BCUT2D eigenvalue weighted by Crippen LogP contribution is -2.17. The molecule has 0 bridgehead atoms. The first-order chi connectivity index (χ1) is 17.3. The second-order valence-corrected chi connectivity index (χ2v) is 9.34. The summed E-state index contributed by atoms with van der Waals surface area (Å²) < 4.78 is 2.64. The number of para-hydroxylation sites is 1. The van der Waals surface area contributed by atoms with Crippen LogP contribution in [0.5, 0.6) is 0 Å². The third-order valence-corrected chi connectivity index (χ3v) is 7.13. The van der Waals surface area contributed by atoms with Crippen molar-refractivity contribution in [3.05, 3.63) is 84.6 Å². The van der Waals surface area contributed by atoms with Gasteiger partial charge >= 0.3 is 0 Å². The molecule has 8 heteroatoms. The number of hydrogen-bond acceptors (Lipinski definition) is 7. The first kappa shape index (κ1) is 21.2. The topological polar surface area (TPSA) is 82.5 Å². The summed E-state index contributed by atoms with van der Waals surface area (Å²) in [5.41, 5.74) is 5.24. The van der Waals surface area contributed by atoms with Crippen LogP contribution in [0.2, 0.25) is 0 Å². The van der Waals surface area contributed by atoms with E-state index in [0.29, 0.717) is 16.5 Å². The fraction of sp³-hybridized carbons (Fsp3) is 0.148. The van der Waals surface area contributed by atoms with E-state index in [1.165, 1.54) is 36.1 Å². The Morgan fingerprint density at radius 2 is 1.71 bits per heavy atom. The van der Waals surface area contributed by atoms with Crippen molar-refractivity contribution in [2.75, 3.05) is 18.0 Å². The average Bonchev–Trinajstić information content (AvgIpc) is 3.67. The van der Waals surface area contributed by atoms with Gasteiger partial charge in [0.2, 0.25) is 5.13 Å². The molecule has 3 heterocycles. The summed E-state index contributed by atoms with van der Waals surface area (Å²) in [7, 11) is 0. The van der Waals surface area contributed by atoms with Gasteiger partial charge in [0.25, 0.3) is 0 Å². The molecule has 0 amide bonds. The lowest BCUT2D eigenvalue weighted by atomic mass is 10.0. The number of thiazole rings is 1. The van der Waals surface area contributed by atoms with Gasteiger partial charge in [0.1, 0.15) is 11.6 Å². The van der Waals surface area contributed by atoms with E-state index in [1.54, 1.807) is 4.68 Å². The molecule has 1 fully saturated rings. The maximum absolute atomic E-state index is 9.68. The van der Waals surface area contributed by atoms with Crippen molar-refractivity contribution in [1.82, 2.24) is 14.8 Å². The molecule has 6 rings (SSSR count). The van der Waals surface area contributed by atoms with E-state index in [0.717, 1.165) is 40.1 Å². The van der Waals surface area contributed by atoms with Crippen LogP contribution < -0.4 is 4.90 Å². The quantitative estimate of drug-likeness (QED) is 0.255. The zero-order valence-corrected chi connectivity index (χ0v) is 19.7. The van der Waals surface area contributed by atoms with E-state index in [9.17, 15) is 5.26 Å². The normalized spacial score (nSPS) is 13.6. The standard InChI is InChI=1S/C27H21N7S/c28-17-20-18-29-34(27-30-24-10-4-5-11-25(24)35-27)26(20)32-31-23-13-12-21(33-14-6-7-15-33)16-22(23)19-8-2-1-3-9-19/h1-5,8-13,16,18H,6-7,14-15H2. The molecule has 5 aromatic rings. The Morgan fingerprint density at radius 1 is 0.914 bits per heavy atom. The van der Waals surface area contributed by atoms with E-state index in [2.05, 4.69) is 55.5 Å². The Bertz CT molecular complexity index is 1540. The fourth-order valence-electron chi connectivity index (χ4n) is 4.34. The first-order valence-corrected chi connectivity index (χ1v) is 12.3. The SMILES string of the molecule is N#Cc1cnn(-c2nc3ccccc3s2)c1N=Nc1ccc(N2CCCC2)cc1-c1ccccc1. The number of nitriles is 1. The van der Waals surface area contributed by atoms with E-state index in [4.69, 9.17) is 0 Å². The van der Waals surface area contributed by atoms with Crippen LogP contribution in [0.1, 0.15) is 18.4 Å². The Hall–Kier alpha value is -4.35. The molecule has 0 saturated carbocycles. The Morgan fingerprint density at radius 3 is 2.51 bits per heavy atom. The Labute approximate surface area is 206 Å². The van der Waals surface area contributed by atoms with Gasteiger partial charge in [-0.05, 0) is 48.7 Å². The van der Waals surface area contributed by atoms with Crippen molar-refractivity contribution in [3.63, 3.8) is 0 Å². The van der Waals surface area contributed by atoms with Crippen molar-refractivity contribution in [1.29, 1.82) is 5.26 Å². The smallest absolute Gasteiger partial charge is 0.213 e. The van der Waals surface area contributed by atoms with E-state index in [-0.39, 0.29) is 0 Å². The minimum atomic E-state index is 0.350. The second kappa shape index (κ2) is 9.12. The van der Waals surface area contributed by atoms with Crippen molar-refractivity contribution >= 4 is 38.7 Å². The molecule has 3 aromatic carbocycles. The molecule has 2 aromatic heterocycles. The van der Waals surface area contributed by atoms with E-state index >= 15 is 0 Å². The molecular weight excluding hydrogens is 454 g/mol. The summed E-state index contributed by atoms with van der Waals surface area (Å²) in [6.45, 7) is 2.14. The van der Waals surface area contributed by atoms with Gasteiger partial charge in [-0.25, -0.2) is 4.98 Å². The van der Waals surface area contributed by atoms with Crippen molar-refractivity contribution in [3.8, 4) is 22.3 Å². The Kier molecular flexibility index (Phi) is 5.53. The summed E-state index contributed by atoms with van der Waals surface area (Å²) in [5.74, 6) is 0.370. The van der Waals surface area contributed by atoms with Crippen LogP contribution in [-0.4, -0.2) is 27.9 Å². The molecule has 0 radical (unpaired) electrons. The largest absolute Gasteiger partial charge is 0.372 e. The van der Waals surface area contributed by atoms with Crippen LogP contribution in [0.4, 0.5) is 17.2 Å². The molecule has 1 aliphatic heterocycles. The summed E-state index contributed by atoms with van der Waals surface area (Å²) in [6.07, 6.45) is 3.94. The summed E-state index contributed by atoms with van der Waals surface area (Å²) >= 11 is 1.50. The molecule has 7 nitrogen and oxygen atoms in total. The van der Waals surface area contributed by atoms with Gasteiger partial charge in [-0.15, -0.1) is 10.2 Å². The molecular formula is C27H21N7S. The number of rotatable bonds is 5. The average molecular weight is 476 g/mol. The monoisotopic (exact) mass is 475 g/mol. The number of azo groups is 1. The lowest BCUT2D eigenvalue weighted by molar-refractivity contribution is 0.863. The molecule has 1 aliphatic rings. The Balaban J connectivity index is 1.43. The minimum absolute atomic E-state index is 0.350. The second-order valence-electron chi connectivity index (χ2n) is 8.33. The van der Waals surface area contributed by atoms with Crippen molar-refractivity contribution < 1.29 is 0 Å². The van der Waals surface area contributed by atoms with Gasteiger partial charge in [-0.3, -0.25) is 0 Å². The minimum Gasteiger partial charge on any atom is -0.372 e. The molecule has 0 unspecified atom stereocenters. The first-order valence-electron chi connectivity index (χ1n) is 11.5. The van der Waals surface area contributed by atoms with Crippen LogP contribution >= 0.6 is 11.3 Å². The summed E-state index contributed by atoms with van der Waals surface area (Å²) in [5, 5.41) is 23.9. The molecule has 0 aliphatic carbocycles. The molecule has 170 valence electrons. The molecule has 0 spiro atoms. The predicted molar refractivity (Wildman–Crippen MR) is 139 cm³/mol. The molecule has 35 heavy (non-hydrogen) atoms. The lowest BCUT2D eigenvalue weighted by Gasteiger charge is -2.19. The maximum Gasteiger partial charge on any atom is 0.213 e. The van der Waals surface area contributed by atoms with Gasteiger partial charge in [0, 0.05) is 24.3 Å². The maximum atomic E-state index is 9.68. The van der Waals surface area contributed by atoms with E-state index in [1.807, 2.05) is 48.5 Å². The van der Waals surface area contributed by atoms with Crippen molar-refractivity contribution in [2.45, 2.75) is 12.8 Å². The van der Waals surface area contributed by atoms with Crippen LogP contribution in [0.15, 0.2) is 89.2 Å². The summed E-state index contributed by atoms with van der Waals surface area (Å²) in [6, 6.07) is 26.6. The highest BCUT2D eigenvalue weighted by Gasteiger charge is 2.17. The number of anilines is 1. The third-order valence-electron chi connectivity index (χ3n) is 6.12. The van der Waals surface area contributed by atoms with E-state index < -0.39 is 0 Å². The van der Waals surface area contributed by atoms with Crippen LogP contribution in [0.25, 0.3) is 26.5 Å². The van der Waals surface area contributed by atoms with Crippen molar-refractivity contribution in [2.24, 2.45) is 10.2 Å². The molecule has 1 saturated heterocycles.